The molecule has 0 aliphatic carbocycles. The van der Waals surface area contributed by atoms with Crippen LogP contribution in [0.25, 0.3) is 0 Å². The summed E-state index contributed by atoms with van der Waals surface area (Å²) in [7, 11) is 0. The van der Waals surface area contributed by atoms with Gasteiger partial charge in [-0.25, -0.2) is 4.98 Å². The summed E-state index contributed by atoms with van der Waals surface area (Å²) >= 11 is 1.33. The molecular weight excluding hydrogens is 236 g/mol. The summed E-state index contributed by atoms with van der Waals surface area (Å²) < 4.78 is 0. The van der Waals surface area contributed by atoms with Crippen LogP contribution in [-0.2, 0) is 0 Å². The van der Waals surface area contributed by atoms with Gasteiger partial charge in [-0.1, -0.05) is 0 Å². The number of anilines is 2. The molecule has 84 valence electrons. The first-order valence-corrected chi connectivity index (χ1v) is 5.64. The maximum atomic E-state index is 11.7. The average molecular weight is 244 g/mol. The molecule has 1 heterocycles. The first-order valence-electron chi connectivity index (χ1n) is 4.70. The van der Waals surface area contributed by atoms with E-state index in [0.717, 1.165) is 0 Å². The summed E-state index contributed by atoms with van der Waals surface area (Å²) in [5, 5.41) is 13.2. The first-order chi connectivity index (χ1) is 8.20. The van der Waals surface area contributed by atoms with Crippen molar-refractivity contribution in [2.75, 3.05) is 11.1 Å². The van der Waals surface area contributed by atoms with Crippen molar-refractivity contribution in [1.82, 2.24) is 4.98 Å². The van der Waals surface area contributed by atoms with Crippen LogP contribution in [0.4, 0.5) is 11.4 Å². The Morgan fingerprint density at radius 1 is 1.53 bits per heavy atom. The Bertz CT molecular complexity index is 586. The third-order valence-electron chi connectivity index (χ3n) is 2.08. The zero-order valence-electron chi connectivity index (χ0n) is 8.68. The lowest BCUT2D eigenvalue weighted by Crippen LogP contribution is -2.13. The number of benzene rings is 1. The molecule has 0 aliphatic heterocycles. The summed E-state index contributed by atoms with van der Waals surface area (Å²) in [6.07, 6.45) is 0. The van der Waals surface area contributed by atoms with Gasteiger partial charge in [0.05, 0.1) is 16.8 Å². The number of carbonyl (C=O) groups is 1. The minimum atomic E-state index is -0.340. The van der Waals surface area contributed by atoms with Crippen molar-refractivity contribution in [3.8, 4) is 6.07 Å². The highest BCUT2D eigenvalue weighted by molar-refractivity contribution is 7.07. The molecule has 0 saturated carbocycles. The smallest absolute Gasteiger partial charge is 0.275 e. The molecule has 0 atom stereocenters. The van der Waals surface area contributed by atoms with Gasteiger partial charge in [0, 0.05) is 11.1 Å². The first kappa shape index (κ1) is 11.1. The maximum Gasteiger partial charge on any atom is 0.275 e. The summed E-state index contributed by atoms with van der Waals surface area (Å²) in [6.45, 7) is 0. The van der Waals surface area contributed by atoms with Crippen LogP contribution in [0.1, 0.15) is 16.1 Å². The highest BCUT2D eigenvalue weighted by Crippen LogP contribution is 2.18. The SMILES string of the molecule is N#Cc1cc(N)ccc1NC(=O)c1cscn1. The van der Waals surface area contributed by atoms with Crippen molar-refractivity contribution >= 4 is 28.6 Å². The molecule has 6 heteroatoms. The number of nitrogens with one attached hydrogen (secondary N) is 1. The summed E-state index contributed by atoms with van der Waals surface area (Å²) in [5.74, 6) is -0.340. The molecule has 3 N–H and O–H groups in total. The van der Waals surface area contributed by atoms with Crippen LogP contribution >= 0.6 is 11.3 Å². The van der Waals surface area contributed by atoms with Crippen molar-refractivity contribution < 1.29 is 4.79 Å². The number of carbonyl (C=O) groups excluding carboxylic acids is 1. The van der Waals surface area contributed by atoms with E-state index < -0.39 is 0 Å². The number of rotatable bonds is 2. The van der Waals surface area contributed by atoms with Crippen LogP contribution in [0.5, 0.6) is 0 Å². The van der Waals surface area contributed by atoms with E-state index in [0.29, 0.717) is 22.6 Å². The second-order valence-electron chi connectivity index (χ2n) is 3.24. The van der Waals surface area contributed by atoms with Gasteiger partial charge in [-0.3, -0.25) is 4.79 Å². The number of thiazole rings is 1. The molecule has 0 bridgehead atoms. The van der Waals surface area contributed by atoms with E-state index in [1.807, 2.05) is 6.07 Å². The Kier molecular flexibility index (Phi) is 3.03. The molecule has 17 heavy (non-hydrogen) atoms. The maximum absolute atomic E-state index is 11.7. The molecule has 1 aromatic carbocycles. The monoisotopic (exact) mass is 244 g/mol. The molecule has 2 aromatic rings. The van der Waals surface area contributed by atoms with Crippen LogP contribution in [0.3, 0.4) is 0 Å². The molecule has 0 fully saturated rings. The van der Waals surface area contributed by atoms with E-state index in [-0.39, 0.29) is 5.91 Å². The van der Waals surface area contributed by atoms with Crippen LogP contribution in [0, 0.1) is 11.3 Å². The predicted molar refractivity (Wildman–Crippen MR) is 65.6 cm³/mol. The number of hydrogen-bond acceptors (Lipinski definition) is 5. The van der Waals surface area contributed by atoms with Gasteiger partial charge in [-0.05, 0) is 18.2 Å². The number of aromatic nitrogens is 1. The zero-order chi connectivity index (χ0) is 12.3. The number of nitriles is 1. The molecule has 1 amide bonds. The largest absolute Gasteiger partial charge is 0.399 e. The topological polar surface area (TPSA) is 91.8 Å². The molecule has 0 saturated heterocycles. The summed E-state index contributed by atoms with van der Waals surface area (Å²) in [6, 6.07) is 6.70. The van der Waals surface area contributed by atoms with Gasteiger partial charge in [0.2, 0.25) is 0 Å². The molecular formula is C11H8N4OS. The number of nitrogens with two attached hydrogens (primary N) is 1. The fraction of sp³-hybridized carbons (Fsp3) is 0. The lowest BCUT2D eigenvalue weighted by atomic mass is 10.1. The average Bonchev–Trinajstić information content (AvgIpc) is 2.85. The van der Waals surface area contributed by atoms with Gasteiger partial charge < -0.3 is 11.1 Å². The van der Waals surface area contributed by atoms with E-state index in [2.05, 4.69) is 10.3 Å². The Morgan fingerprint density at radius 2 is 2.35 bits per heavy atom. The van der Waals surface area contributed by atoms with Crippen LogP contribution in [-0.4, -0.2) is 10.9 Å². The minimum absolute atomic E-state index is 0.327. The third-order valence-corrected chi connectivity index (χ3v) is 2.66. The third kappa shape index (κ3) is 2.41. The number of nitrogens with zero attached hydrogens (tertiary/aromatic N) is 2. The van der Waals surface area contributed by atoms with Crippen molar-refractivity contribution in [2.24, 2.45) is 0 Å². The minimum Gasteiger partial charge on any atom is -0.399 e. The second-order valence-corrected chi connectivity index (χ2v) is 3.96. The lowest BCUT2D eigenvalue weighted by molar-refractivity contribution is 0.102. The van der Waals surface area contributed by atoms with Gasteiger partial charge in [0.15, 0.2) is 0 Å². The van der Waals surface area contributed by atoms with E-state index in [1.54, 1.807) is 23.0 Å². The van der Waals surface area contributed by atoms with Crippen LogP contribution in [0.15, 0.2) is 29.1 Å². The van der Waals surface area contributed by atoms with Gasteiger partial charge in [0.1, 0.15) is 11.8 Å². The molecule has 1 aromatic heterocycles. The Morgan fingerprint density at radius 3 is 3.00 bits per heavy atom. The zero-order valence-corrected chi connectivity index (χ0v) is 9.49. The molecule has 0 aliphatic rings. The van der Waals surface area contributed by atoms with Gasteiger partial charge >= 0.3 is 0 Å². The quantitative estimate of drug-likeness (QED) is 0.788. The van der Waals surface area contributed by atoms with Gasteiger partial charge in [-0.15, -0.1) is 11.3 Å². The number of amides is 1. The Hall–Kier alpha value is -2.39. The van der Waals surface area contributed by atoms with E-state index in [4.69, 9.17) is 11.0 Å². The van der Waals surface area contributed by atoms with Crippen molar-refractivity contribution in [3.63, 3.8) is 0 Å². The number of nitrogen functional groups attached to an aromatic ring is 1. The molecule has 2 rings (SSSR count). The van der Waals surface area contributed by atoms with Gasteiger partial charge in [0.25, 0.3) is 5.91 Å². The molecule has 0 radical (unpaired) electrons. The Labute approximate surface area is 102 Å². The molecule has 0 spiro atoms. The second kappa shape index (κ2) is 4.63. The van der Waals surface area contributed by atoms with Gasteiger partial charge in [-0.2, -0.15) is 5.26 Å². The molecule has 0 unspecified atom stereocenters. The Balaban J connectivity index is 2.25. The van der Waals surface area contributed by atoms with Crippen molar-refractivity contribution in [3.05, 3.63) is 40.3 Å². The fourth-order valence-electron chi connectivity index (χ4n) is 1.27. The standard InChI is InChI=1S/C11H8N4OS/c12-4-7-3-8(13)1-2-9(7)15-11(16)10-5-17-6-14-10/h1-3,5-6H,13H2,(H,15,16). The number of hydrogen-bond donors (Lipinski definition) is 2. The predicted octanol–water partition coefficient (Wildman–Crippen LogP) is 1.85. The lowest BCUT2D eigenvalue weighted by Gasteiger charge is -2.05. The summed E-state index contributed by atoms with van der Waals surface area (Å²) in [4.78, 5) is 15.6. The van der Waals surface area contributed by atoms with Crippen LogP contribution in [0.2, 0.25) is 0 Å². The summed E-state index contributed by atoms with van der Waals surface area (Å²) in [5.41, 5.74) is 8.69. The van der Waals surface area contributed by atoms with E-state index in [1.165, 1.54) is 17.4 Å². The van der Waals surface area contributed by atoms with Crippen molar-refractivity contribution in [1.29, 1.82) is 5.26 Å². The highest BCUT2D eigenvalue weighted by Gasteiger charge is 2.10. The van der Waals surface area contributed by atoms with Crippen LogP contribution < -0.4 is 11.1 Å². The highest BCUT2D eigenvalue weighted by atomic mass is 32.1. The molecule has 5 nitrogen and oxygen atoms in total. The van der Waals surface area contributed by atoms with E-state index >= 15 is 0 Å². The van der Waals surface area contributed by atoms with E-state index in [9.17, 15) is 4.79 Å². The normalized spacial score (nSPS) is 9.59. The van der Waals surface area contributed by atoms with Crippen molar-refractivity contribution in [2.45, 2.75) is 0 Å². The fourth-order valence-corrected chi connectivity index (χ4v) is 1.81.